The molecule has 7 nitrogen and oxygen atoms in total. The Balaban J connectivity index is 1.84. The van der Waals surface area contributed by atoms with Crippen LogP contribution in [0.2, 0.25) is 0 Å². The molecule has 0 aliphatic carbocycles. The highest BCUT2D eigenvalue weighted by Gasteiger charge is 2.32. The number of hydrogen-bond acceptors (Lipinski definition) is 5. The van der Waals surface area contributed by atoms with Crippen LogP contribution in [0.3, 0.4) is 0 Å². The van der Waals surface area contributed by atoms with E-state index in [2.05, 4.69) is 18.7 Å². The Morgan fingerprint density at radius 1 is 0.947 bits per heavy atom. The molecule has 0 atom stereocenters. The molecule has 3 aromatic rings. The van der Waals surface area contributed by atoms with Gasteiger partial charge in [-0.25, -0.2) is 4.39 Å². The molecule has 0 saturated carbocycles. The van der Waals surface area contributed by atoms with Gasteiger partial charge in [-0.05, 0) is 66.1 Å². The minimum absolute atomic E-state index is 0.0234. The maximum Gasteiger partial charge on any atom is 0.251 e. The third-order valence-electron chi connectivity index (χ3n) is 7.36. The van der Waals surface area contributed by atoms with Crippen LogP contribution in [-0.2, 0) is 6.54 Å². The molecule has 2 aromatic carbocycles. The van der Waals surface area contributed by atoms with E-state index in [0.29, 0.717) is 11.3 Å². The SMILES string of the molecule is CC(C)c1c(C(N)=O)ccc(N(c2cccc(C(N)=O)c2F)C2CCN(Cc3ccoc3)CC2)c1C(C)C. The van der Waals surface area contributed by atoms with Crippen LogP contribution < -0.4 is 16.4 Å². The van der Waals surface area contributed by atoms with Gasteiger partial charge in [-0.15, -0.1) is 0 Å². The quantitative estimate of drug-likeness (QED) is 0.378. The molecule has 0 bridgehead atoms. The van der Waals surface area contributed by atoms with Crippen molar-refractivity contribution < 1.29 is 18.4 Å². The number of likely N-dealkylation sites (tertiary alicyclic amines) is 1. The topological polar surface area (TPSA) is 106 Å². The number of rotatable bonds is 9. The summed E-state index contributed by atoms with van der Waals surface area (Å²) in [6.45, 7) is 10.6. The number of amides is 2. The molecular weight excluding hydrogens is 483 g/mol. The normalized spacial score (nSPS) is 14.8. The first-order chi connectivity index (χ1) is 18.1. The van der Waals surface area contributed by atoms with E-state index >= 15 is 4.39 Å². The Bertz CT molecular complexity index is 1300. The summed E-state index contributed by atoms with van der Waals surface area (Å²) in [6.07, 6.45) is 4.99. The van der Waals surface area contributed by atoms with E-state index in [-0.39, 0.29) is 23.4 Å². The highest BCUT2D eigenvalue weighted by molar-refractivity contribution is 5.97. The number of piperidine rings is 1. The molecule has 0 spiro atoms. The zero-order valence-corrected chi connectivity index (χ0v) is 22.5. The molecule has 2 amide bonds. The lowest BCUT2D eigenvalue weighted by atomic mass is 9.84. The number of benzene rings is 2. The molecule has 38 heavy (non-hydrogen) atoms. The molecular formula is C30H37FN4O3. The number of nitrogens with two attached hydrogens (primary N) is 2. The third kappa shape index (κ3) is 5.45. The van der Waals surface area contributed by atoms with Crippen molar-refractivity contribution in [1.82, 2.24) is 4.90 Å². The van der Waals surface area contributed by atoms with E-state index in [0.717, 1.165) is 54.9 Å². The largest absolute Gasteiger partial charge is 0.472 e. The van der Waals surface area contributed by atoms with Gasteiger partial charge >= 0.3 is 0 Å². The van der Waals surface area contributed by atoms with Crippen LogP contribution in [0, 0.1) is 5.82 Å². The summed E-state index contributed by atoms with van der Waals surface area (Å²) in [7, 11) is 0. The average Bonchev–Trinajstić information content (AvgIpc) is 3.38. The fraction of sp³-hybridized carbons (Fsp3) is 0.400. The van der Waals surface area contributed by atoms with Gasteiger partial charge in [0.15, 0.2) is 5.82 Å². The minimum atomic E-state index is -0.810. The number of furan rings is 1. The van der Waals surface area contributed by atoms with E-state index in [1.54, 1.807) is 30.7 Å². The summed E-state index contributed by atoms with van der Waals surface area (Å²) < 4.78 is 21.1. The zero-order chi connectivity index (χ0) is 27.6. The summed E-state index contributed by atoms with van der Waals surface area (Å²) in [5.41, 5.74) is 15.7. The molecule has 0 unspecified atom stereocenters. The molecule has 2 heterocycles. The van der Waals surface area contributed by atoms with Gasteiger partial charge in [-0.3, -0.25) is 14.5 Å². The number of nitrogens with zero attached hydrogens (tertiary/aromatic N) is 2. The predicted molar refractivity (Wildman–Crippen MR) is 147 cm³/mol. The Morgan fingerprint density at radius 3 is 2.16 bits per heavy atom. The van der Waals surface area contributed by atoms with Crippen LogP contribution in [0.4, 0.5) is 15.8 Å². The molecule has 1 saturated heterocycles. The first-order valence-corrected chi connectivity index (χ1v) is 13.2. The summed E-state index contributed by atoms with van der Waals surface area (Å²) in [6, 6.07) is 10.3. The van der Waals surface area contributed by atoms with Crippen molar-refractivity contribution in [1.29, 1.82) is 0 Å². The van der Waals surface area contributed by atoms with Crippen LogP contribution in [0.25, 0.3) is 0 Å². The number of anilines is 2. The van der Waals surface area contributed by atoms with Crippen LogP contribution >= 0.6 is 0 Å². The van der Waals surface area contributed by atoms with Crippen molar-refractivity contribution in [3.8, 4) is 0 Å². The Labute approximate surface area is 223 Å². The lowest BCUT2D eigenvalue weighted by molar-refractivity contribution is 0.0989. The summed E-state index contributed by atoms with van der Waals surface area (Å²) in [5, 5.41) is 0. The van der Waals surface area contributed by atoms with E-state index < -0.39 is 17.6 Å². The molecule has 1 aliphatic heterocycles. The smallest absolute Gasteiger partial charge is 0.251 e. The standard InChI is InChI=1S/C30H37FN4O3/c1-18(2)26-22(29(32)36)8-9-24(27(26)19(3)4)35(25-7-5-6-23(28(25)31)30(33)37)21-10-13-34(14-11-21)16-20-12-15-38-17-20/h5-9,12,15,17-19,21H,10-11,13-14,16H2,1-4H3,(H2,32,36)(H2,33,37). The number of carbonyl (C=O) groups excluding carboxylic acids is 2. The molecule has 0 radical (unpaired) electrons. The van der Waals surface area contributed by atoms with Crippen LogP contribution in [0.1, 0.15) is 89.8 Å². The number of carbonyl (C=O) groups is 2. The monoisotopic (exact) mass is 520 g/mol. The lowest BCUT2D eigenvalue weighted by Crippen LogP contribution is -2.43. The Hall–Kier alpha value is -3.65. The zero-order valence-electron chi connectivity index (χ0n) is 22.5. The Morgan fingerprint density at radius 2 is 1.61 bits per heavy atom. The van der Waals surface area contributed by atoms with Gasteiger partial charge in [0, 0.05) is 42.5 Å². The second kappa shape index (κ2) is 11.4. The van der Waals surface area contributed by atoms with Gasteiger partial charge in [0.05, 0.1) is 23.8 Å². The third-order valence-corrected chi connectivity index (χ3v) is 7.36. The molecule has 202 valence electrons. The number of primary amides is 2. The average molecular weight is 521 g/mol. The molecule has 8 heteroatoms. The number of halogens is 1. The second-order valence-corrected chi connectivity index (χ2v) is 10.6. The maximum absolute atomic E-state index is 15.9. The van der Waals surface area contributed by atoms with Gasteiger partial charge in [-0.1, -0.05) is 33.8 Å². The van der Waals surface area contributed by atoms with Crippen molar-refractivity contribution in [3.05, 3.63) is 82.6 Å². The first kappa shape index (κ1) is 27.4. The van der Waals surface area contributed by atoms with E-state index in [4.69, 9.17) is 15.9 Å². The first-order valence-electron chi connectivity index (χ1n) is 13.2. The van der Waals surface area contributed by atoms with E-state index in [1.165, 1.54) is 6.07 Å². The predicted octanol–water partition coefficient (Wildman–Crippen LogP) is 5.67. The van der Waals surface area contributed by atoms with Crippen LogP contribution in [-0.4, -0.2) is 35.8 Å². The second-order valence-electron chi connectivity index (χ2n) is 10.6. The fourth-order valence-electron chi connectivity index (χ4n) is 5.67. The summed E-state index contributed by atoms with van der Waals surface area (Å²) >= 11 is 0. The van der Waals surface area contributed by atoms with Crippen molar-refractivity contribution >= 4 is 23.2 Å². The number of hydrogen-bond donors (Lipinski definition) is 2. The van der Waals surface area contributed by atoms with Gasteiger partial charge < -0.3 is 20.8 Å². The summed E-state index contributed by atoms with van der Waals surface area (Å²) in [5.74, 6) is -1.87. The van der Waals surface area contributed by atoms with Gasteiger partial charge in [0.2, 0.25) is 5.91 Å². The van der Waals surface area contributed by atoms with Gasteiger partial charge in [0.1, 0.15) is 0 Å². The maximum atomic E-state index is 15.9. The van der Waals surface area contributed by atoms with Crippen LogP contribution in [0.15, 0.2) is 53.3 Å². The molecule has 1 aliphatic rings. The molecule has 4 N–H and O–H groups in total. The molecule has 4 rings (SSSR count). The lowest BCUT2D eigenvalue weighted by Gasteiger charge is -2.41. The van der Waals surface area contributed by atoms with Crippen molar-refractivity contribution in [3.63, 3.8) is 0 Å². The van der Waals surface area contributed by atoms with Gasteiger partial charge in [0.25, 0.3) is 5.91 Å². The van der Waals surface area contributed by atoms with Crippen molar-refractivity contribution in [2.45, 2.75) is 65.0 Å². The van der Waals surface area contributed by atoms with E-state index in [9.17, 15) is 9.59 Å². The highest BCUT2D eigenvalue weighted by atomic mass is 19.1. The highest BCUT2D eigenvalue weighted by Crippen LogP contribution is 2.43. The van der Waals surface area contributed by atoms with Crippen LogP contribution in [0.5, 0.6) is 0 Å². The van der Waals surface area contributed by atoms with Gasteiger partial charge in [-0.2, -0.15) is 0 Å². The minimum Gasteiger partial charge on any atom is -0.472 e. The molecule has 1 aromatic heterocycles. The fourth-order valence-corrected chi connectivity index (χ4v) is 5.67. The van der Waals surface area contributed by atoms with Crippen molar-refractivity contribution in [2.75, 3.05) is 18.0 Å². The summed E-state index contributed by atoms with van der Waals surface area (Å²) in [4.78, 5) is 28.8. The van der Waals surface area contributed by atoms with Crippen molar-refractivity contribution in [2.24, 2.45) is 11.5 Å². The molecule has 1 fully saturated rings. The van der Waals surface area contributed by atoms with E-state index in [1.807, 2.05) is 30.9 Å². The Kier molecular flexibility index (Phi) is 8.21.